The molecule has 0 aromatic heterocycles. The van der Waals surface area contributed by atoms with Crippen LogP contribution in [0.25, 0.3) is 0 Å². The van der Waals surface area contributed by atoms with E-state index in [0.29, 0.717) is 5.75 Å². The maximum absolute atomic E-state index is 12.7. The van der Waals surface area contributed by atoms with Gasteiger partial charge in [-0.25, -0.2) is 4.79 Å². The number of esters is 1. The van der Waals surface area contributed by atoms with Gasteiger partial charge in [-0.15, -0.1) is 0 Å². The van der Waals surface area contributed by atoms with E-state index < -0.39 is 36.3 Å². The molecular weight excluding hydrogens is 380 g/mol. The SMILES string of the molecule is CCC[C@H](C)NC(=O)COC(=O)[C@H](CCSC)N1C(=O)c2ccccc2C1=O. The van der Waals surface area contributed by atoms with Crippen molar-refractivity contribution in [2.75, 3.05) is 18.6 Å². The molecular formula is C20H26N2O5S. The summed E-state index contributed by atoms with van der Waals surface area (Å²) in [6.45, 7) is 3.45. The van der Waals surface area contributed by atoms with E-state index in [0.717, 1.165) is 17.7 Å². The first kappa shape index (κ1) is 21.9. The van der Waals surface area contributed by atoms with Gasteiger partial charge in [0.25, 0.3) is 17.7 Å². The average molecular weight is 407 g/mol. The van der Waals surface area contributed by atoms with Crippen LogP contribution < -0.4 is 5.32 Å². The number of hydrogen-bond acceptors (Lipinski definition) is 6. The molecule has 0 radical (unpaired) electrons. The quantitative estimate of drug-likeness (QED) is 0.473. The van der Waals surface area contributed by atoms with Gasteiger partial charge < -0.3 is 10.1 Å². The first-order valence-corrected chi connectivity index (χ1v) is 10.7. The van der Waals surface area contributed by atoms with Gasteiger partial charge in [0.1, 0.15) is 6.04 Å². The molecule has 1 aromatic rings. The lowest BCUT2D eigenvalue weighted by Gasteiger charge is -2.24. The second kappa shape index (κ2) is 10.3. The molecule has 0 saturated heterocycles. The third-order valence-electron chi connectivity index (χ3n) is 4.48. The monoisotopic (exact) mass is 406 g/mol. The first-order valence-electron chi connectivity index (χ1n) is 9.32. The fourth-order valence-electron chi connectivity index (χ4n) is 3.13. The first-order chi connectivity index (χ1) is 13.4. The van der Waals surface area contributed by atoms with Crippen LogP contribution in [0, 0.1) is 0 Å². The highest BCUT2D eigenvalue weighted by Crippen LogP contribution is 2.26. The molecule has 0 aliphatic carbocycles. The Hall–Kier alpha value is -2.35. The summed E-state index contributed by atoms with van der Waals surface area (Å²) in [6, 6.07) is 5.40. The van der Waals surface area contributed by atoms with Gasteiger partial charge in [-0.1, -0.05) is 25.5 Å². The van der Waals surface area contributed by atoms with E-state index in [2.05, 4.69) is 5.32 Å². The van der Waals surface area contributed by atoms with Crippen LogP contribution in [0.15, 0.2) is 24.3 Å². The van der Waals surface area contributed by atoms with E-state index in [1.165, 1.54) is 11.8 Å². The molecule has 1 N–H and O–H groups in total. The molecule has 0 unspecified atom stereocenters. The van der Waals surface area contributed by atoms with Gasteiger partial charge in [0.15, 0.2) is 6.61 Å². The highest BCUT2D eigenvalue weighted by atomic mass is 32.2. The number of benzene rings is 1. The smallest absolute Gasteiger partial charge is 0.329 e. The maximum atomic E-state index is 12.7. The lowest BCUT2D eigenvalue weighted by atomic mass is 10.1. The highest BCUT2D eigenvalue weighted by molar-refractivity contribution is 7.98. The van der Waals surface area contributed by atoms with Gasteiger partial charge in [-0.05, 0) is 43.9 Å². The predicted octanol–water partition coefficient (Wildman–Crippen LogP) is 2.25. The minimum absolute atomic E-state index is 0.0141. The van der Waals surface area contributed by atoms with Gasteiger partial charge in [-0.2, -0.15) is 11.8 Å². The van der Waals surface area contributed by atoms with Crippen molar-refractivity contribution in [2.45, 2.75) is 45.2 Å². The van der Waals surface area contributed by atoms with Gasteiger partial charge >= 0.3 is 5.97 Å². The van der Waals surface area contributed by atoms with E-state index in [-0.39, 0.29) is 23.6 Å². The molecule has 0 spiro atoms. The Morgan fingerprint density at radius 3 is 2.29 bits per heavy atom. The van der Waals surface area contributed by atoms with E-state index in [1.54, 1.807) is 24.3 Å². The fourth-order valence-corrected chi connectivity index (χ4v) is 3.59. The number of carbonyl (C=O) groups excluding carboxylic acids is 4. The van der Waals surface area contributed by atoms with Gasteiger partial charge in [0, 0.05) is 6.04 Å². The molecule has 2 atom stereocenters. The number of hydrogen-bond donors (Lipinski definition) is 1. The second-order valence-electron chi connectivity index (χ2n) is 6.69. The van der Waals surface area contributed by atoms with Crippen molar-refractivity contribution in [1.82, 2.24) is 10.2 Å². The zero-order chi connectivity index (χ0) is 20.7. The number of rotatable bonds is 10. The van der Waals surface area contributed by atoms with Crippen molar-refractivity contribution in [2.24, 2.45) is 0 Å². The summed E-state index contributed by atoms with van der Waals surface area (Å²) in [5, 5.41) is 2.75. The zero-order valence-electron chi connectivity index (χ0n) is 16.4. The Balaban J connectivity index is 2.07. The molecule has 1 aliphatic rings. The average Bonchev–Trinajstić information content (AvgIpc) is 2.92. The fraction of sp³-hybridized carbons (Fsp3) is 0.500. The molecule has 1 aliphatic heterocycles. The molecule has 152 valence electrons. The highest BCUT2D eigenvalue weighted by Gasteiger charge is 2.43. The van der Waals surface area contributed by atoms with Gasteiger partial charge in [-0.3, -0.25) is 19.3 Å². The normalized spacial score (nSPS) is 15.2. The zero-order valence-corrected chi connectivity index (χ0v) is 17.2. The van der Waals surface area contributed by atoms with Crippen LogP contribution in [0.2, 0.25) is 0 Å². The Labute approximate surface area is 169 Å². The summed E-state index contributed by atoms with van der Waals surface area (Å²) >= 11 is 1.49. The molecule has 28 heavy (non-hydrogen) atoms. The van der Waals surface area contributed by atoms with Crippen LogP contribution in [0.4, 0.5) is 0 Å². The third-order valence-corrected chi connectivity index (χ3v) is 5.12. The van der Waals surface area contributed by atoms with Crippen molar-refractivity contribution in [1.29, 1.82) is 0 Å². The molecule has 2 rings (SSSR count). The molecule has 0 bridgehead atoms. The summed E-state index contributed by atoms with van der Waals surface area (Å²) in [6.07, 6.45) is 3.88. The van der Waals surface area contributed by atoms with Crippen LogP contribution >= 0.6 is 11.8 Å². The minimum Gasteiger partial charge on any atom is -0.454 e. The summed E-state index contributed by atoms with van der Waals surface area (Å²) < 4.78 is 5.14. The Morgan fingerprint density at radius 1 is 1.14 bits per heavy atom. The van der Waals surface area contributed by atoms with Crippen LogP contribution in [-0.4, -0.2) is 59.3 Å². The molecule has 1 aromatic carbocycles. The van der Waals surface area contributed by atoms with Crippen molar-refractivity contribution in [3.05, 3.63) is 35.4 Å². The number of ether oxygens (including phenoxy) is 1. The molecule has 3 amide bonds. The molecule has 0 fully saturated rings. The van der Waals surface area contributed by atoms with Crippen molar-refractivity contribution in [3.8, 4) is 0 Å². The largest absolute Gasteiger partial charge is 0.454 e. The Morgan fingerprint density at radius 2 is 1.75 bits per heavy atom. The maximum Gasteiger partial charge on any atom is 0.329 e. The lowest BCUT2D eigenvalue weighted by molar-refractivity contribution is -0.152. The van der Waals surface area contributed by atoms with Crippen molar-refractivity contribution < 1.29 is 23.9 Å². The lowest BCUT2D eigenvalue weighted by Crippen LogP contribution is -2.47. The number of nitrogens with zero attached hydrogens (tertiary/aromatic N) is 1. The number of imide groups is 1. The number of fused-ring (bicyclic) bond motifs is 1. The standard InChI is InChI=1S/C20H26N2O5S/c1-4-7-13(2)21-17(23)12-27-20(26)16(10-11-28-3)22-18(24)14-8-5-6-9-15(14)19(22)25/h5-6,8-9,13,16H,4,7,10-12H2,1-3H3,(H,21,23)/t13-,16-/m0/s1. The number of thioether (sulfide) groups is 1. The predicted molar refractivity (Wildman–Crippen MR) is 107 cm³/mol. The van der Waals surface area contributed by atoms with Crippen molar-refractivity contribution >= 4 is 35.5 Å². The number of amides is 3. The number of carbonyl (C=O) groups is 4. The molecule has 8 heteroatoms. The van der Waals surface area contributed by atoms with E-state index in [9.17, 15) is 19.2 Å². The molecule has 0 saturated carbocycles. The molecule has 7 nitrogen and oxygen atoms in total. The topological polar surface area (TPSA) is 92.8 Å². The minimum atomic E-state index is -1.05. The Bertz CT molecular complexity index is 717. The van der Waals surface area contributed by atoms with E-state index in [1.807, 2.05) is 20.1 Å². The van der Waals surface area contributed by atoms with Crippen LogP contribution in [-0.2, 0) is 14.3 Å². The Kier molecular flexibility index (Phi) is 8.04. The van der Waals surface area contributed by atoms with E-state index in [4.69, 9.17) is 4.74 Å². The summed E-state index contributed by atoms with van der Waals surface area (Å²) in [4.78, 5) is 50.9. The second-order valence-corrected chi connectivity index (χ2v) is 7.67. The number of nitrogens with one attached hydrogen (secondary N) is 1. The summed E-state index contributed by atoms with van der Waals surface area (Å²) in [7, 11) is 0. The van der Waals surface area contributed by atoms with Crippen LogP contribution in [0.3, 0.4) is 0 Å². The van der Waals surface area contributed by atoms with Crippen LogP contribution in [0.1, 0.15) is 53.8 Å². The van der Waals surface area contributed by atoms with Gasteiger partial charge in [0.05, 0.1) is 11.1 Å². The molecule has 1 heterocycles. The third kappa shape index (κ3) is 5.13. The summed E-state index contributed by atoms with van der Waals surface area (Å²) in [5.41, 5.74) is 0.557. The van der Waals surface area contributed by atoms with Crippen molar-refractivity contribution in [3.63, 3.8) is 0 Å². The summed E-state index contributed by atoms with van der Waals surface area (Å²) in [5.74, 6) is -1.61. The van der Waals surface area contributed by atoms with Gasteiger partial charge in [0.2, 0.25) is 0 Å². The van der Waals surface area contributed by atoms with Crippen LogP contribution in [0.5, 0.6) is 0 Å². The van der Waals surface area contributed by atoms with E-state index >= 15 is 0 Å².